The Balaban J connectivity index is 2.89. The third-order valence-electron chi connectivity index (χ3n) is 4.41. The molecule has 0 fully saturated rings. The Morgan fingerprint density at radius 1 is 0.909 bits per heavy atom. The zero-order chi connectivity index (χ0) is 16.4. The Hall–Kier alpha value is -0.770. The van der Waals surface area contributed by atoms with Crippen LogP contribution in [-0.4, -0.2) is 19.2 Å². The van der Waals surface area contributed by atoms with Gasteiger partial charge in [0.2, 0.25) is 5.88 Å². The van der Waals surface area contributed by atoms with Gasteiger partial charge in [-0.3, -0.25) is 0 Å². The van der Waals surface area contributed by atoms with Crippen molar-refractivity contribution in [2.45, 2.75) is 84.0 Å². The number of rotatable bonds is 12. The first-order valence-electron chi connectivity index (χ1n) is 8.70. The molecule has 128 valence electrons. The molecule has 3 nitrogen and oxygen atoms in total. The number of aromatic nitrogens is 1. The molecule has 0 aliphatic carbocycles. The summed E-state index contributed by atoms with van der Waals surface area (Å²) in [6.45, 7) is 6.90. The van der Waals surface area contributed by atoms with E-state index in [1.807, 2.05) is 0 Å². The second-order valence-electron chi connectivity index (χ2n) is 6.35. The molecule has 1 heterocycles. The molecule has 0 N–H and O–H groups in total. The number of thiazole rings is 1. The lowest BCUT2D eigenvalue weighted by Gasteiger charge is -2.29. The topological polar surface area (TPSA) is 31.4 Å². The van der Waals surface area contributed by atoms with Gasteiger partial charge in [-0.05, 0) is 12.8 Å². The highest BCUT2D eigenvalue weighted by Crippen LogP contribution is 2.45. The first-order chi connectivity index (χ1) is 10.6. The fraction of sp³-hybridized carbons (Fsp3) is 0.833. The van der Waals surface area contributed by atoms with Gasteiger partial charge in [-0.2, -0.15) is 4.98 Å². The zero-order valence-electron chi connectivity index (χ0n) is 15.0. The van der Waals surface area contributed by atoms with Crippen LogP contribution < -0.4 is 9.47 Å². The van der Waals surface area contributed by atoms with Crippen molar-refractivity contribution in [2.75, 3.05) is 14.2 Å². The highest BCUT2D eigenvalue weighted by molar-refractivity contribution is 7.13. The summed E-state index contributed by atoms with van der Waals surface area (Å²) in [5.41, 5.74) is 0.155. The fourth-order valence-corrected chi connectivity index (χ4v) is 4.01. The minimum atomic E-state index is 0.155. The summed E-state index contributed by atoms with van der Waals surface area (Å²) in [6.07, 6.45) is 11.4. The summed E-state index contributed by atoms with van der Waals surface area (Å²) in [7, 11) is 3.39. The Bertz CT molecular complexity index is 419. The minimum Gasteiger partial charge on any atom is -0.480 e. The number of methoxy groups -OCH3 is 2. The maximum Gasteiger partial charge on any atom is 0.276 e. The summed E-state index contributed by atoms with van der Waals surface area (Å²) >= 11 is 1.65. The minimum absolute atomic E-state index is 0.155. The molecule has 0 spiro atoms. The van der Waals surface area contributed by atoms with Crippen molar-refractivity contribution < 1.29 is 9.47 Å². The van der Waals surface area contributed by atoms with Crippen LogP contribution >= 0.6 is 11.3 Å². The van der Waals surface area contributed by atoms with Crippen LogP contribution in [0.15, 0.2) is 0 Å². The summed E-state index contributed by atoms with van der Waals surface area (Å²) in [6, 6.07) is 0. The van der Waals surface area contributed by atoms with E-state index >= 15 is 0 Å². The van der Waals surface area contributed by atoms with Gasteiger partial charge in [0.15, 0.2) is 0 Å². The van der Waals surface area contributed by atoms with Crippen molar-refractivity contribution >= 4 is 11.3 Å². The van der Waals surface area contributed by atoms with Gasteiger partial charge < -0.3 is 9.47 Å². The van der Waals surface area contributed by atoms with Crippen LogP contribution in [0.5, 0.6) is 11.1 Å². The number of hydrogen-bond donors (Lipinski definition) is 0. The van der Waals surface area contributed by atoms with E-state index in [0.29, 0.717) is 5.19 Å². The summed E-state index contributed by atoms with van der Waals surface area (Å²) < 4.78 is 10.9. The van der Waals surface area contributed by atoms with E-state index in [9.17, 15) is 0 Å². The van der Waals surface area contributed by atoms with Crippen LogP contribution in [0, 0.1) is 0 Å². The Morgan fingerprint density at radius 3 is 2.05 bits per heavy atom. The maximum absolute atomic E-state index is 5.53. The molecule has 4 heteroatoms. The van der Waals surface area contributed by atoms with Gasteiger partial charge in [-0.15, -0.1) is 0 Å². The van der Waals surface area contributed by atoms with E-state index in [0.717, 1.165) is 5.88 Å². The predicted molar refractivity (Wildman–Crippen MR) is 95.5 cm³/mol. The van der Waals surface area contributed by atoms with Gasteiger partial charge in [0.1, 0.15) is 0 Å². The molecule has 1 aromatic rings. The molecule has 0 bridgehead atoms. The van der Waals surface area contributed by atoms with E-state index < -0.39 is 0 Å². The summed E-state index contributed by atoms with van der Waals surface area (Å²) in [5.74, 6) is 0.760. The molecule has 1 aromatic heterocycles. The lowest BCUT2D eigenvalue weighted by Crippen LogP contribution is -2.21. The SMILES string of the molecule is CCCCCCC(C)(CCCCC)c1sc(OC)nc1OC. The summed E-state index contributed by atoms with van der Waals surface area (Å²) in [5, 5.41) is 0.710. The lowest BCUT2D eigenvalue weighted by atomic mass is 9.78. The number of hydrogen-bond acceptors (Lipinski definition) is 4. The first kappa shape index (κ1) is 19.3. The van der Waals surface area contributed by atoms with Crippen LogP contribution in [0.1, 0.15) is 83.4 Å². The standard InChI is InChI=1S/C18H33NO2S/c1-6-8-10-12-14-18(3,13-11-9-7-2)15-16(20-4)19-17(21-5)22-15/h6-14H2,1-5H3. The average molecular weight is 328 g/mol. The molecule has 1 unspecified atom stereocenters. The maximum atomic E-state index is 5.53. The molecule has 0 amide bonds. The number of nitrogens with zero attached hydrogens (tertiary/aromatic N) is 1. The monoisotopic (exact) mass is 327 g/mol. The smallest absolute Gasteiger partial charge is 0.276 e. The van der Waals surface area contributed by atoms with E-state index in [1.54, 1.807) is 25.6 Å². The van der Waals surface area contributed by atoms with E-state index in [-0.39, 0.29) is 5.41 Å². The van der Waals surface area contributed by atoms with Crippen LogP contribution in [0.4, 0.5) is 0 Å². The van der Waals surface area contributed by atoms with Crippen LogP contribution in [0.2, 0.25) is 0 Å². The quantitative estimate of drug-likeness (QED) is 0.443. The normalized spacial score (nSPS) is 13.9. The molecule has 1 atom stereocenters. The highest BCUT2D eigenvalue weighted by Gasteiger charge is 2.32. The number of ether oxygens (including phenoxy) is 2. The summed E-state index contributed by atoms with van der Waals surface area (Å²) in [4.78, 5) is 5.72. The average Bonchev–Trinajstić information content (AvgIpc) is 2.96. The Kier molecular flexibility index (Phi) is 8.84. The van der Waals surface area contributed by atoms with E-state index in [4.69, 9.17) is 9.47 Å². The van der Waals surface area contributed by atoms with E-state index in [2.05, 4.69) is 25.8 Å². The van der Waals surface area contributed by atoms with Crippen molar-refractivity contribution in [3.05, 3.63) is 4.88 Å². The molecule has 0 saturated heterocycles. The van der Waals surface area contributed by atoms with Crippen LogP contribution in [-0.2, 0) is 5.41 Å². The van der Waals surface area contributed by atoms with Crippen LogP contribution in [0.3, 0.4) is 0 Å². The molecular weight excluding hydrogens is 294 g/mol. The molecule has 0 radical (unpaired) electrons. The third-order valence-corrected chi connectivity index (χ3v) is 5.71. The van der Waals surface area contributed by atoms with Gasteiger partial charge >= 0.3 is 0 Å². The van der Waals surface area contributed by atoms with Gasteiger partial charge in [0, 0.05) is 5.41 Å². The third kappa shape index (κ3) is 5.45. The highest BCUT2D eigenvalue weighted by atomic mass is 32.1. The molecule has 1 rings (SSSR count). The van der Waals surface area contributed by atoms with Crippen molar-refractivity contribution in [1.82, 2.24) is 4.98 Å². The molecule has 0 aromatic carbocycles. The zero-order valence-corrected chi connectivity index (χ0v) is 15.9. The fourth-order valence-electron chi connectivity index (χ4n) is 2.95. The van der Waals surface area contributed by atoms with E-state index in [1.165, 1.54) is 62.7 Å². The van der Waals surface area contributed by atoms with Crippen molar-refractivity contribution in [3.8, 4) is 11.1 Å². The van der Waals surface area contributed by atoms with Crippen LogP contribution in [0.25, 0.3) is 0 Å². The second kappa shape index (κ2) is 10.1. The van der Waals surface area contributed by atoms with Gasteiger partial charge in [0.05, 0.1) is 19.1 Å². The lowest BCUT2D eigenvalue weighted by molar-refractivity contribution is 0.337. The number of unbranched alkanes of at least 4 members (excludes halogenated alkanes) is 5. The first-order valence-corrected chi connectivity index (χ1v) is 9.52. The molecular formula is C18H33NO2S. The Labute approximate surface area is 140 Å². The van der Waals surface area contributed by atoms with Gasteiger partial charge in [0.25, 0.3) is 5.19 Å². The predicted octanol–water partition coefficient (Wildman–Crippen LogP) is 5.97. The molecule has 0 saturated carbocycles. The molecule has 22 heavy (non-hydrogen) atoms. The Morgan fingerprint density at radius 2 is 1.50 bits per heavy atom. The molecule has 0 aliphatic heterocycles. The van der Waals surface area contributed by atoms with Gasteiger partial charge in [-0.1, -0.05) is 77.1 Å². The van der Waals surface area contributed by atoms with Gasteiger partial charge in [-0.25, -0.2) is 0 Å². The molecule has 0 aliphatic rings. The van der Waals surface area contributed by atoms with Crippen molar-refractivity contribution in [1.29, 1.82) is 0 Å². The largest absolute Gasteiger partial charge is 0.480 e. The van der Waals surface area contributed by atoms with Crippen molar-refractivity contribution in [2.24, 2.45) is 0 Å². The second-order valence-corrected chi connectivity index (χ2v) is 7.31. The van der Waals surface area contributed by atoms with Crippen molar-refractivity contribution in [3.63, 3.8) is 0 Å².